The van der Waals surface area contributed by atoms with Crippen LogP contribution >= 0.6 is 11.3 Å². The van der Waals surface area contributed by atoms with Crippen molar-refractivity contribution in [1.82, 2.24) is 24.9 Å². The highest BCUT2D eigenvalue weighted by atomic mass is 32.1. The molecule has 0 aliphatic carbocycles. The summed E-state index contributed by atoms with van der Waals surface area (Å²) < 4.78 is 9.00. The fourth-order valence-electron chi connectivity index (χ4n) is 7.52. The molecule has 0 amide bonds. The zero-order valence-corrected chi connectivity index (χ0v) is 31.5. The number of hydrogen-bond acceptors (Lipinski definition) is 8. The van der Waals surface area contributed by atoms with Crippen molar-refractivity contribution >= 4 is 53.6 Å². The second kappa shape index (κ2) is 13.7. The summed E-state index contributed by atoms with van der Waals surface area (Å²) in [6, 6.07) is 58.8. The summed E-state index contributed by atoms with van der Waals surface area (Å²) in [5, 5.41) is 12.3. The monoisotopic (exact) mass is 760 g/mol. The molecule has 0 aliphatic rings. The Labute approximate surface area is 336 Å². The fraction of sp³-hybridized carbons (Fsp3) is 0. The summed E-state index contributed by atoms with van der Waals surface area (Å²) >= 11 is 1.72. The van der Waals surface area contributed by atoms with Crippen LogP contribution in [0.25, 0.3) is 110 Å². The summed E-state index contributed by atoms with van der Waals surface area (Å²) in [6.07, 6.45) is 0. The van der Waals surface area contributed by atoms with E-state index >= 15 is 0 Å². The summed E-state index contributed by atoms with van der Waals surface area (Å²) in [4.78, 5) is 25.4. The first-order valence-electron chi connectivity index (χ1n) is 18.8. The highest BCUT2D eigenvalue weighted by molar-refractivity contribution is 7.26. The Bertz CT molecular complexity index is 3390. The number of para-hydroxylation sites is 1. The number of thiophene rings is 1. The molecule has 58 heavy (non-hydrogen) atoms. The third kappa shape index (κ3) is 5.77. The zero-order valence-electron chi connectivity index (χ0n) is 30.7. The molecule has 7 nitrogen and oxygen atoms in total. The molecular formula is C50H28N6OS. The largest absolute Gasteiger partial charge is 0.455 e. The molecule has 270 valence electrons. The molecule has 4 aromatic heterocycles. The third-order valence-corrected chi connectivity index (χ3v) is 11.6. The molecule has 11 rings (SSSR count). The molecule has 0 radical (unpaired) electrons. The Kier molecular flexibility index (Phi) is 7.91. The molecule has 0 saturated heterocycles. The number of hydrogen-bond donors (Lipinski definition) is 0. The van der Waals surface area contributed by atoms with Crippen molar-refractivity contribution in [2.45, 2.75) is 0 Å². The lowest BCUT2D eigenvalue weighted by molar-refractivity contribution is 0.669. The van der Waals surface area contributed by atoms with Gasteiger partial charge in [0.25, 0.3) is 0 Å². The van der Waals surface area contributed by atoms with Crippen molar-refractivity contribution in [3.05, 3.63) is 175 Å². The van der Waals surface area contributed by atoms with Crippen molar-refractivity contribution < 1.29 is 4.42 Å². The average molecular weight is 761 g/mol. The van der Waals surface area contributed by atoms with Gasteiger partial charge in [0, 0.05) is 43.1 Å². The van der Waals surface area contributed by atoms with Crippen LogP contribution in [0.1, 0.15) is 5.56 Å². The first kappa shape index (κ1) is 33.5. The molecule has 0 saturated carbocycles. The lowest BCUT2D eigenvalue weighted by Crippen LogP contribution is -2.00. The zero-order chi connectivity index (χ0) is 38.6. The van der Waals surface area contributed by atoms with E-state index in [1.807, 2.05) is 121 Å². The quantitative estimate of drug-likeness (QED) is 0.166. The minimum atomic E-state index is 0.535. The lowest BCUT2D eigenvalue weighted by atomic mass is 10.0. The molecule has 0 spiro atoms. The molecular weight excluding hydrogens is 733 g/mol. The standard InChI is InChI=1S/C50H28N6OS/c51-29-30-18-20-31(21-19-30)32-22-24-35(25-23-32)48-54-47(34-12-5-2-6-13-34)55-49(56-48)36-26-27-37-38-15-9-16-40(45(38)57-41(37)28-36)50-52-43(33-10-3-1-4-11-33)46-44(53-50)39-14-7-8-17-42(39)58-46/h1-28H. The molecule has 0 bridgehead atoms. The van der Waals surface area contributed by atoms with E-state index in [-0.39, 0.29) is 0 Å². The van der Waals surface area contributed by atoms with E-state index in [9.17, 15) is 5.26 Å². The van der Waals surface area contributed by atoms with Gasteiger partial charge < -0.3 is 4.42 Å². The van der Waals surface area contributed by atoms with Gasteiger partial charge in [-0.05, 0) is 47.5 Å². The Morgan fingerprint density at radius 2 is 1.03 bits per heavy atom. The summed E-state index contributed by atoms with van der Waals surface area (Å²) in [5.41, 5.74) is 10.4. The van der Waals surface area contributed by atoms with Gasteiger partial charge in [-0.2, -0.15) is 5.26 Å². The van der Waals surface area contributed by atoms with Gasteiger partial charge in [-0.3, -0.25) is 0 Å². The summed E-state index contributed by atoms with van der Waals surface area (Å²) in [5.74, 6) is 2.28. The van der Waals surface area contributed by atoms with Crippen molar-refractivity contribution in [3.8, 4) is 74.0 Å². The molecule has 0 atom stereocenters. The lowest BCUT2D eigenvalue weighted by Gasteiger charge is -2.09. The first-order chi connectivity index (χ1) is 28.7. The third-order valence-electron chi connectivity index (χ3n) is 10.4. The number of aromatic nitrogens is 5. The Balaban J connectivity index is 1.03. The van der Waals surface area contributed by atoms with E-state index in [0.717, 1.165) is 76.6 Å². The van der Waals surface area contributed by atoms with Crippen LogP contribution in [0.5, 0.6) is 0 Å². The maximum absolute atomic E-state index is 9.22. The molecule has 0 unspecified atom stereocenters. The Morgan fingerprint density at radius 1 is 0.448 bits per heavy atom. The topological polar surface area (TPSA) is 101 Å². The van der Waals surface area contributed by atoms with Crippen molar-refractivity contribution in [2.24, 2.45) is 0 Å². The van der Waals surface area contributed by atoms with Crippen LogP contribution in [-0.2, 0) is 0 Å². The highest BCUT2D eigenvalue weighted by Crippen LogP contribution is 2.42. The van der Waals surface area contributed by atoms with E-state index in [1.54, 1.807) is 11.3 Å². The first-order valence-corrected chi connectivity index (χ1v) is 19.6. The Morgan fingerprint density at radius 3 is 1.76 bits per heavy atom. The second-order valence-corrected chi connectivity index (χ2v) is 15.0. The summed E-state index contributed by atoms with van der Waals surface area (Å²) in [7, 11) is 0. The SMILES string of the molecule is N#Cc1ccc(-c2ccc(-c3nc(-c4ccccc4)nc(-c4ccc5c(c4)oc4c(-c6nc(-c7ccccc7)c7sc8ccccc8c7n6)cccc45)n3)cc2)cc1. The van der Waals surface area contributed by atoms with Gasteiger partial charge >= 0.3 is 0 Å². The Hall–Kier alpha value is -7.86. The van der Waals surface area contributed by atoms with E-state index in [2.05, 4.69) is 54.6 Å². The van der Waals surface area contributed by atoms with E-state index in [0.29, 0.717) is 34.4 Å². The van der Waals surface area contributed by atoms with Gasteiger partial charge in [-0.25, -0.2) is 24.9 Å². The maximum Gasteiger partial charge on any atom is 0.164 e. The average Bonchev–Trinajstić information content (AvgIpc) is 3.87. The highest BCUT2D eigenvalue weighted by Gasteiger charge is 2.21. The minimum Gasteiger partial charge on any atom is -0.455 e. The number of benzene rings is 7. The normalized spacial score (nSPS) is 11.4. The number of nitrogens with zero attached hydrogens (tertiary/aromatic N) is 6. The van der Waals surface area contributed by atoms with Gasteiger partial charge in [0.15, 0.2) is 23.3 Å². The number of rotatable bonds is 6. The smallest absolute Gasteiger partial charge is 0.164 e. The summed E-state index contributed by atoms with van der Waals surface area (Å²) in [6.45, 7) is 0. The van der Waals surface area contributed by atoms with Crippen LogP contribution in [0.3, 0.4) is 0 Å². The van der Waals surface area contributed by atoms with E-state index in [4.69, 9.17) is 29.3 Å². The molecule has 0 aliphatic heterocycles. The number of furan rings is 1. The maximum atomic E-state index is 9.22. The molecule has 0 fully saturated rings. The van der Waals surface area contributed by atoms with Gasteiger partial charge in [-0.15, -0.1) is 11.3 Å². The van der Waals surface area contributed by atoms with Crippen LogP contribution in [-0.4, -0.2) is 24.9 Å². The van der Waals surface area contributed by atoms with Crippen molar-refractivity contribution in [3.63, 3.8) is 0 Å². The van der Waals surface area contributed by atoms with Crippen LogP contribution in [0.15, 0.2) is 174 Å². The van der Waals surface area contributed by atoms with Gasteiger partial charge in [-0.1, -0.05) is 133 Å². The molecule has 4 heterocycles. The van der Waals surface area contributed by atoms with Crippen LogP contribution in [0.4, 0.5) is 0 Å². The van der Waals surface area contributed by atoms with Gasteiger partial charge in [0.1, 0.15) is 11.2 Å². The molecule has 11 aromatic rings. The predicted octanol–water partition coefficient (Wildman–Crippen LogP) is 12.8. The van der Waals surface area contributed by atoms with E-state index in [1.165, 1.54) is 4.70 Å². The predicted molar refractivity (Wildman–Crippen MR) is 233 cm³/mol. The van der Waals surface area contributed by atoms with Crippen molar-refractivity contribution in [2.75, 3.05) is 0 Å². The van der Waals surface area contributed by atoms with E-state index < -0.39 is 0 Å². The molecule has 0 N–H and O–H groups in total. The second-order valence-electron chi connectivity index (χ2n) is 14.0. The van der Waals surface area contributed by atoms with Gasteiger partial charge in [0.05, 0.1) is 33.1 Å². The molecule has 7 aromatic carbocycles. The fourth-order valence-corrected chi connectivity index (χ4v) is 8.67. The molecule has 8 heteroatoms. The number of nitriles is 1. The minimum absolute atomic E-state index is 0.535. The number of fused-ring (bicyclic) bond motifs is 6. The van der Waals surface area contributed by atoms with Crippen LogP contribution < -0.4 is 0 Å². The van der Waals surface area contributed by atoms with Crippen LogP contribution in [0.2, 0.25) is 0 Å². The van der Waals surface area contributed by atoms with Gasteiger partial charge in [0.2, 0.25) is 0 Å². The van der Waals surface area contributed by atoms with Crippen LogP contribution in [0, 0.1) is 11.3 Å². The van der Waals surface area contributed by atoms with Crippen molar-refractivity contribution in [1.29, 1.82) is 5.26 Å².